The third-order valence-electron chi connectivity index (χ3n) is 4.08. The first-order chi connectivity index (χ1) is 9.63. The Morgan fingerprint density at radius 2 is 2.15 bits per heavy atom. The number of aryl methyl sites for hydroxylation is 1. The number of nitrogens with zero attached hydrogens (tertiary/aromatic N) is 3. The molecule has 0 radical (unpaired) electrons. The van der Waals surface area contributed by atoms with Gasteiger partial charge in [0.05, 0.1) is 0 Å². The summed E-state index contributed by atoms with van der Waals surface area (Å²) >= 11 is 0. The third kappa shape index (κ3) is 3.60. The molecule has 1 fully saturated rings. The van der Waals surface area contributed by atoms with Crippen LogP contribution in [-0.2, 0) is 6.42 Å². The fourth-order valence-electron chi connectivity index (χ4n) is 2.70. The summed E-state index contributed by atoms with van der Waals surface area (Å²) in [7, 11) is 0. The second-order valence-electron chi connectivity index (χ2n) is 5.68. The topological polar surface area (TPSA) is 67.1 Å². The molecule has 3 N–H and O–H groups in total. The van der Waals surface area contributed by atoms with Crippen LogP contribution in [0.25, 0.3) is 0 Å². The van der Waals surface area contributed by atoms with Gasteiger partial charge in [-0.05, 0) is 38.8 Å². The maximum Gasteiger partial charge on any atom is 0.134 e. The lowest BCUT2D eigenvalue weighted by atomic mass is 10.1. The van der Waals surface area contributed by atoms with Crippen molar-refractivity contribution in [3.8, 4) is 0 Å². The second kappa shape index (κ2) is 6.88. The molecule has 2 heterocycles. The summed E-state index contributed by atoms with van der Waals surface area (Å²) in [6.45, 7) is 10.9. The number of anilines is 2. The molecule has 20 heavy (non-hydrogen) atoms. The zero-order chi connectivity index (χ0) is 14.5. The maximum absolute atomic E-state index is 5.98. The lowest BCUT2D eigenvalue weighted by molar-refractivity contribution is 0.345. The Morgan fingerprint density at radius 3 is 2.80 bits per heavy atom. The van der Waals surface area contributed by atoms with Crippen LogP contribution < -0.4 is 11.1 Å². The molecule has 0 amide bonds. The maximum atomic E-state index is 5.98. The average Bonchev–Trinajstić information content (AvgIpc) is 2.89. The lowest BCUT2D eigenvalue weighted by Crippen LogP contribution is -2.23. The second-order valence-corrected chi connectivity index (χ2v) is 5.68. The third-order valence-corrected chi connectivity index (χ3v) is 4.08. The highest BCUT2D eigenvalue weighted by Crippen LogP contribution is 2.20. The van der Waals surface area contributed by atoms with E-state index in [0.717, 1.165) is 43.1 Å². The van der Waals surface area contributed by atoms with Crippen LogP contribution in [0.5, 0.6) is 0 Å². The van der Waals surface area contributed by atoms with Gasteiger partial charge < -0.3 is 16.0 Å². The standard InChI is InChI=1S/C15H27N5/c1-4-6-13-18-14(16)11(3)15(19-13)17-9-12-7-8-20(5-2)10-12/h12H,4-10H2,1-3H3,(H3,16,17,18,19). The van der Waals surface area contributed by atoms with Crippen molar-refractivity contribution >= 4 is 11.6 Å². The van der Waals surface area contributed by atoms with Crippen molar-refractivity contribution in [3.05, 3.63) is 11.4 Å². The van der Waals surface area contributed by atoms with Crippen LogP contribution in [0.3, 0.4) is 0 Å². The summed E-state index contributed by atoms with van der Waals surface area (Å²) in [4.78, 5) is 11.4. The molecule has 1 atom stereocenters. The predicted molar refractivity (Wildman–Crippen MR) is 83.9 cm³/mol. The molecular weight excluding hydrogens is 250 g/mol. The van der Waals surface area contributed by atoms with Gasteiger partial charge in [-0.25, -0.2) is 9.97 Å². The molecule has 1 aliphatic rings. The largest absolute Gasteiger partial charge is 0.383 e. The monoisotopic (exact) mass is 277 g/mol. The van der Waals surface area contributed by atoms with Crippen LogP contribution in [0.1, 0.15) is 38.1 Å². The van der Waals surface area contributed by atoms with E-state index < -0.39 is 0 Å². The van der Waals surface area contributed by atoms with E-state index in [4.69, 9.17) is 5.73 Å². The van der Waals surface area contributed by atoms with Gasteiger partial charge in [0, 0.05) is 25.1 Å². The molecule has 0 saturated carbocycles. The Kier molecular flexibility index (Phi) is 5.17. The summed E-state index contributed by atoms with van der Waals surface area (Å²) in [6, 6.07) is 0. The van der Waals surface area contributed by atoms with Crippen molar-refractivity contribution in [2.75, 3.05) is 37.2 Å². The quantitative estimate of drug-likeness (QED) is 0.833. The van der Waals surface area contributed by atoms with Gasteiger partial charge in [-0.15, -0.1) is 0 Å². The summed E-state index contributed by atoms with van der Waals surface area (Å²) in [6.07, 6.45) is 3.19. The number of hydrogen-bond donors (Lipinski definition) is 2. The van der Waals surface area contributed by atoms with E-state index >= 15 is 0 Å². The molecule has 0 bridgehead atoms. The molecular formula is C15H27N5. The van der Waals surface area contributed by atoms with Crippen molar-refractivity contribution in [2.45, 2.75) is 40.0 Å². The fraction of sp³-hybridized carbons (Fsp3) is 0.733. The molecule has 1 unspecified atom stereocenters. The van der Waals surface area contributed by atoms with Gasteiger partial charge in [-0.3, -0.25) is 0 Å². The minimum absolute atomic E-state index is 0.604. The van der Waals surface area contributed by atoms with Crippen LogP contribution in [-0.4, -0.2) is 41.0 Å². The van der Waals surface area contributed by atoms with E-state index in [1.807, 2.05) is 6.92 Å². The Morgan fingerprint density at radius 1 is 1.35 bits per heavy atom. The molecule has 0 aliphatic carbocycles. The van der Waals surface area contributed by atoms with Gasteiger partial charge >= 0.3 is 0 Å². The number of likely N-dealkylation sites (tertiary alicyclic amines) is 1. The highest BCUT2D eigenvalue weighted by molar-refractivity contribution is 5.54. The first-order valence-corrected chi connectivity index (χ1v) is 7.73. The van der Waals surface area contributed by atoms with Crippen molar-refractivity contribution in [1.82, 2.24) is 14.9 Å². The Bertz CT molecular complexity index is 446. The van der Waals surface area contributed by atoms with Crippen molar-refractivity contribution in [1.29, 1.82) is 0 Å². The number of rotatable bonds is 6. The number of nitrogens with two attached hydrogens (primary N) is 1. The number of nitrogens with one attached hydrogen (secondary N) is 1. The van der Waals surface area contributed by atoms with E-state index in [1.165, 1.54) is 19.5 Å². The van der Waals surface area contributed by atoms with Crippen LogP contribution in [0.15, 0.2) is 0 Å². The van der Waals surface area contributed by atoms with Gasteiger partial charge in [0.1, 0.15) is 17.5 Å². The number of nitrogen functional groups attached to an aromatic ring is 1. The Balaban J connectivity index is 1.98. The zero-order valence-corrected chi connectivity index (χ0v) is 12.9. The molecule has 1 aliphatic heterocycles. The van der Waals surface area contributed by atoms with E-state index in [-0.39, 0.29) is 0 Å². The molecule has 1 saturated heterocycles. The molecule has 1 aromatic rings. The van der Waals surface area contributed by atoms with Crippen LogP contribution in [0.2, 0.25) is 0 Å². The van der Waals surface area contributed by atoms with Gasteiger partial charge in [0.25, 0.3) is 0 Å². The van der Waals surface area contributed by atoms with E-state index in [1.54, 1.807) is 0 Å². The van der Waals surface area contributed by atoms with Gasteiger partial charge in [-0.1, -0.05) is 13.8 Å². The average molecular weight is 277 g/mol. The van der Waals surface area contributed by atoms with E-state index in [9.17, 15) is 0 Å². The van der Waals surface area contributed by atoms with Crippen LogP contribution in [0.4, 0.5) is 11.6 Å². The molecule has 0 aromatic carbocycles. The normalized spacial score (nSPS) is 19.4. The van der Waals surface area contributed by atoms with Gasteiger partial charge in [0.2, 0.25) is 0 Å². The number of hydrogen-bond acceptors (Lipinski definition) is 5. The summed E-state index contributed by atoms with van der Waals surface area (Å²) in [5.74, 6) is 3.07. The minimum atomic E-state index is 0.604. The molecule has 1 aromatic heterocycles. The highest BCUT2D eigenvalue weighted by atomic mass is 15.1. The van der Waals surface area contributed by atoms with Crippen LogP contribution in [0, 0.1) is 12.8 Å². The highest BCUT2D eigenvalue weighted by Gasteiger charge is 2.21. The first kappa shape index (κ1) is 15.0. The lowest BCUT2D eigenvalue weighted by Gasteiger charge is -2.16. The van der Waals surface area contributed by atoms with Crippen molar-refractivity contribution in [2.24, 2.45) is 5.92 Å². The molecule has 5 nitrogen and oxygen atoms in total. The van der Waals surface area contributed by atoms with Crippen molar-refractivity contribution < 1.29 is 0 Å². The van der Waals surface area contributed by atoms with E-state index in [0.29, 0.717) is 11.7 Å². The first-order valence-electron chi connectivity index (χ1n) is 7.73. The molecule has 5 heteroatoms. The smallest absolute Gasteiger partial charge is 0.134 e. The minimum Gasteiger partial charge on any atom is -0.383 e. The fourth-order valence-corrected chi connectivity index (χ4v) is 2.70. The zero-order valence-electron chi connectivity index (χ0n) is 12.9. The summed E-state index contributed by atoms with van der Waals surface area (Å²) in [5.41, 5.74) is 6.95. The van der Waals surface area contributed by atoms with Gasteiger partial charge in [-0.2, -0.15) is 0 Å². The molecule has 2 rings (SSSR count). The van der Waals surface area contributed by atoms with Crippen molar-refractivity contribution in [3.63, 3.8) is 0 Å². The summed E-state index contributed by atoms with van der Waals surface area (Å²) < 4.78 is 0. The summed E-state index contributed by atoms with van der Waals surface area (Å²) in [5, 5.41) is 3.48. The molecule has 112 valence electrons. The number of aromatic nitrogens is 2. The van der Waals surface area contributed by atoms with Gasteiger partial charge in [0.15, 0.2) is 0 Å². The Labute approximate surface area is 122 Å². The molecule has 0 spiro atoms. The predicted octanol–water partition coefficient (Wildman–Crippen LogP) is 2.07. The van der Waals surface area contributed by atoms with E-state index in [2.05, 4.69) is 34.0 Å². The van der Waals surface area contributed by atoms with Crippen LogP contribution >= 0.6 is 0 Å². The Hall–Kier alpha value is -1.36. The SMILES string of the molecule is CCCc1nc(N)c(C)c(NCC2CCN(CC)C2)n1.